The third kappa shape index (κ3) is 5.29. The monoisotopic (exact) mass is 411 g/mol. The molecule has 0 radical (unpaired) electrons. The molecule has 0 spiro atoms. The minimum Gasteiger partial charge on any atom is -0.457 e. The molecule has 2 rings (SSSR count). The highest BCUT2D eigenvalue weighted by molar-refractivity contribution is 5.91. The fourth-order valence-corrected chi connectivity index (χ4v) is 3.22. The molecule has 1 saturated heterocycles. The van der Waals surface area contributed by atoms with Crippen molar-refractivity contribution in [2.24, 2.45) is 11.8 Å². The van der Waals surface area contributed by atoms with Crippen LogP contribution in [-0.4, -0.2) is 60.0 Å². The molecule has 1 fully saturated rings. The average molecular weight is 411 g/mol. The zero-order valence-corrected chi connectivity index (χ0v) is 17.1. The van der Waals surface area contributed by atoms with Crippen LogP contribution in [0.15, 0.2) is 23.7 Å². The van der Waals surface area contributed by atoms with Gasteiger partial charge < -0.3 is 23.9 Å². The lowest BCUT2D eigenvalue weighted by atomic mass is 9.86. The van der Waals surface area contributed by atoms with Gasteiger partial charge in [-0.25, -0.2) is 9.18 Å². The van der Waals surface area contributed by atoms with Crippen LogP contribution in [0, 0.1) is 11.8 Å². The van der Waals surface area contributed by atoms with Crippen LogP contribution in [0.1, 0.15) is 34.6 Å². The molecular weight excluding hydrogens is 385 g/mol. The van der Waals surface area contributed by atoms with Crippen LogP contribution in [0.25, 0.3) is 0 Å². The predicted octanol–water partition coefficient (Wildman–Crippen LogP) is 1.69. The van der Waals surface area contributed by atoms with Gasteiger partial charge in [0.1, 0.15) is 17.7 Å². The number of allylic oxidation sites excluding steroid dienone is 4. The van der Waals surface area contributed by atoms with E-state index in [1.165, 1.54) is 11.0 Å². The van der Waals surface area contributed by atoms with Crippen molar-refractivity contribution in [1.29, 1.82) is 0 Å². The maximum atomic E-state index is 13.9. The van der Waals surface area contributed by atoms with Crippen LogP contribution in [0.3, 0.4) is 0 Å². The maximum absolute atomic E-state index is 13.9. The second-order valence-corrected chi connectivity index (χ2v) is 7.94. The van der Waals surface area contributed by atoms with E-state index < -0.39 is 53.3 Å². The number of rotatable bonds is 5. The van der Waals surface area contributed by atoms with E-state index in [9.17, 15) is 23.6 Å². The van der Waals surface area contributed by atoms with Crippen molar-refractivity contribution in [3.05, 3.63) is 23.7 Å². The summed E-state index contributed by atoms with van der Waals surface area (Å²) >= 11 is 0. The zero-order valence-electron chi connectivity index (χ0n) is 17.1. The van der Waals surface area contributed by atoms with Gasteiger partial charge in [-0.15, -0.1) is 0 Å². The molecule has 1 heterocycles. The first-order chi connectivity index (χ1) is 13.5. The molecule has 9 heteroatoms. The molecule has 4 atom stereocenters. The molecule has 160 valence electrons. The maximum Gasteiger partial charge on any atom is 0.351 e. The smallest absolute Gasteiger partial charge is 0.351 e. The highest BCUT2D eigenvalue weighted by Gasteiger charge is 2.46. The Morgan fingerprint density at radius 3 is 2.55 bits per heavy atom. The molecule has 4 unspecified atom stereocenters. The molecule has 1 aliphatic carbocycles. The van der Waals surface area contributed by atoms with E-state index in [-0.39, 0.29) is 13.2 Å². The van der Waals surface area contributed by atoms with Gasteiger partial charge in [0, 0.05) is 25.1 Å². The summed E-state index contributed by atoms with van der Waals surface area (Å²) in [6.07, 6.45) is 0.0589. The van der Waals surface area contributed by atoms with Gasteiger partial charge in [-0.1, -0.05) is 6.92 Å². The largest absolute Gasteiger partial charge is 0.457 e. The third-order valence-electron chi connectivity index (χ3n) is 4.52. The van der Waals surface area contributed by atoms with Crippen LogP contribution < -0.4 is 0 Å². The van der Waals surface area contributed by atoms with Gasteiger partial charge in [-0.2, -0.15) is 0 Å². The summed E-state index contributed by atoms with van der Waals surface area (Å²) in [5, 5.41) is 0. The minimum absolute atomic E-state index is 0.0545. The van der Waals surface area contributed by atoms with E-state index in [0.29, 0.717) is 12.0 Å². The minimum atomic E-state index is -1.59. The zero-order chi connectivity index (χ0) is 21.9. The van der Waals surface area contributed by atoms with Gasteiger partial charge in [0.2, 0.25) is 6.10 Å². The first kappa shape index (κ1) is 22.7. The van der Waals surface area contributed by atoms with Gasteiger partial charge in [0.15, 0.2) is 6.10 Å². The van der Waals surface area contributed by atoms with Crippen LogP contribution in [0.2, 0.25) is 0 Å². The lowest BCUT2D eigenvalue weighted by Crippen LogP contribution is -2.56. The lowest BCUT2D eigenvalue weighted by Gasteiger charge is -2.39. The Balaban J connectivity index is 2.31. The summed E-state index contributed by atoms with van der Waals surface area (Å²) in [6.45, 7) is 7.86. The van der Waals surface area contributed by atoms with E-state index in [0.717, 1.165) is 13.0 Å². The molecule has 0 N–H and O–H groups in total. The van der Waals surface area contributed by atoms with Gasteiger partial charge in [-0.05, 0) is 32.9 Å². The topological polar surface area (TPSA) is 99.2 Å². The highest BCUT2D eigenvalue weighted by Crippen LogP contribution is 2.34. The molecular formula is C20H26FNO7. The van der Waals surface area contributed by atoms with Gasteiger partial charge >= 0.3 is 11.9 Å². The summed E-state index contributed by atoms with van der Waals surface area (Å²) in [4.78, 5) is 49.8. The molecule has 8 nitrogen and oxygen atoms in total. The van der Waals surface area contributed by atoms with Gasteiger partial charge in [0.25, 0.3) is 5.91 Å². The SMILES string of the molecule is CC(=O)OC(C(=O)OC(C)(C)C)C1OCCN(C2=CC=C(F)C(C=O)C2C)C1=O. The fraction of sp³-hybridized carbons (Fsp3) is 0.600. The average Bonchev–Trinajstić information content (AvgIpc) is 2.59. The van der Waals surface area contributed by atoms with E-state index in [1.54, 1.807) is 27.7 Å². The van der Waals surface area contributed by atoms with E-state index in [2.05, 4.69) is 0 Å². The van der Waals surface area contributed by atoms with Crippen molar-refractivity contribution in [2.45, 2.75) is 52.4 Å². The van der Waals surface area contributed by atoms with Gasteiger partial charge in [-0.3, -0.25) is 9.59 Å². The second-order valence-electron chi connectivity index (χ2n) is 7.94. The molecule has 0 aromatic heterocycles. The number of carbonyl (C=O) groups is 4. The van der Waals surface area contributed by atoms with Crippen LogP contribution >= 0.6 is 0 Å². The van der Waals surface area contributed by atoms with Crippen molar-refractivity contribution in [2.75, 3.05) is 13.2 Å². The first-order valence-electron chi connectivity index (χ1n) is 9.32. The summed E-state index contributed by atoms with van der Waals surface area (Å²) in [7, 11) is 0. The van der Waals surface area contributed by atoms with E-state index in [1.807, 2.05) is 0 Å². The number of halogens is 1. The summed E-state index contributed by atoms with van der Waals surface area (Å²) < 4.78 is 29.7. The van der Waals surface area contributed by atoms with Crippen LogP contribution in [-0.2, 0) is 33.4 Å². The second kappa shape index (κ2) is 8.86. The fourth-order valence-electron chi connectivity index (χ4n) is 3.22. The molecule has 1 aliphatic heterocycles. The summed E-state index contributed by atoms with van der Waals surface area (Å²) in [5.41, 5.74) is -0.445. The van der Waals surface area contributed by atoms with Crippen molar-refractivity contribution in [3.63, 3.8) is 0 Å². The molecule has 0 saturated carbocycles. The van der Waals surface area contributed by atoms with E-state index >= 15 is 0 Å². The molecule has 29 heavy (non-hydrogen) atoms. The Morgan fingerprint density at radius 2 is 2.00 bits per heavy atom. The number of morpholine rings is 1. The van der Waals surface area contributed by atoms with E-state index in [4.69, 9.17) is 14.2 Å². The van der Waals surface area contributed by atoms with Crippen LogP contribution in [0.5, 0.6) is 0 Å². The third-order valence-corrected chi connectivity index (χ3v) is 4.52. The normalized spacial score (nSPS) is 26.2. The Labute approximate surface area is 168 Å². The summed E-state index contributed by atoms with van der Waals surface area (Å²) in [5.74, 6) is -4.49. The number of nitrogens with zero attached hydrogens (tertiary/aromatic N) is 1. The Hall–Kier alpha value is -2.55. The quantitative estimate of drug-likeness (QED) is 0.501. The Kier molecular flexibility index (Phi) is 6.94. The molecule has 1 amide bonds. The lowest BCUT2D eigenvalue weighted by molar-refractivity contribution is -0.192. The standard InChI is InChI=1S/C20H26FNO7/c1-11-13(10-23)14(21)6-7-15(11)22-8-9-27-16(18(22)25)17(28-12(2)24)19(26)29-20(3,4)5/h6-7,10-11,13,16-17H,8-9H2,1-5H3. The van der Waals surface area contributed by atoms with Gasteiger partial charge in [0.05, 0.1) is 12.5 Å². The molecule has 2 aliphatic rings. The predicted molar refractivity (Wildman–Crippen MR) is 98.8 cm³/mol. The molecule has 0 aromatic rings. The van der Waals surface area contributed by atoms with Crippen molar-refractivity contribution in [1.82, 2.24) is 4.90 Å². The summed E-state index contributed by atoms with van der Waals surface area (Å²) in [6, 6.07) is 0. The number of ether oxygens (including phenoxy) is 3. The number of carbonyl (C=O) groups excluding carboxylic acids is 4. The van der Waals surface area contributed by atoms with Crippen molar-refractivity contribution < 1.29 is 37.8 Å². The Morgan fingerprint density at radius 1 is 1.34 bits per heavy atom. The number of amides is 1. The Bertz CT molecular complexity index is 752. The number of esters is 2. The first-order valence-corrected chi connectivity index (χ1v) is 9.32. The van der Waals surface area contributed by atoms with Crippen molar-refractivity contribution in [3.8, 4) is 0 Å². The molecule has 0 aromatic carbocycles. The number of hydrogen-bond acceptors (Lipinski definition) is 7. The molecule has 0 bridgehead atoms. The highest BCUT2D eigenvalue weighted by atomic mass is 19.1. The van der Waals surface area contributed by atoms with Crippen LogP contribution in [0.4, 0.5) is 4.39 Å². The number of aldehydes is 1. The number of hydrogen-bond donors (Lipinski definition) is 0. The van der Waals surface area contributed by atoms with Crippen molar-refractivity contribution >= 4 is 24.1 Å².